The second-order valence-electron chi connectivity index (χ2n) is 12.5. The van der Waals surface area contributed by atoms with Crippen molar-refractivity contribution < 1.29 is 9.90 Å². The molecule has 8 heterocycles. The third-order valence-corrected chi connectivity index (χ3v) is 10.7. The molecule has 4 bridgehead atoms. The summed E-state index contributed by atoms with van der Waals surface area (Å²) in [6.07, 6.45) is 14.4. The molecule has 1 saturated heterocycles. The highest BCUT2D eigenvalue weighted by Gasteiger charge is 2.50. The van der Waals surface area contributed by atoms with E-state index >= 15 is 0 Å². The molecule has 2 aromatic heterocycles. The Morgan fingerprint density at radius 2 is 1.80 bits per heavy atom. The summed E-state index contributed by atoms with van der Waals surface area (Å²) in [5.74, 6) is 0.629. The minimum absolute atomic E-state index is 0.257. The Labute approximate surface area is 239 Å². The van der Waals surface area contributed by atoms with Gasteiger partial charge in [0.1, 0.15) is 6.04 Å². The van der Waals surface area contributed by atoms with Crippen LogP contribution >= 0.6 is 0 Å². The zero-order valence-electron chi connectivity index (χ0n) is 23.3. The Kier molecular flexibility index (Phi) is 4.90. The third-order valence-electron chi connectivity index (χ3n) is 10.7. The molecule has 5 atom stereocenters. The average molecular weight is 543 g/mol. The first kappa shape index (κ1) is 23.7. The van der Waals surface area contributed by atoms with Gasteiger partial charge < -0.3 is 19.1 Å². The number of aliphatic carboxylic acids is 1. The molecule has 10 rings (SSSR count). The van der Waals surface area contributed by atoms with Crippen LogP contribution in [0.2, 0.25) is 0 Å². The molecular weight excluding hydrogens is 508 g/mol. The maximum absolute atomic E-state index is 12.2. The summed E-state index contributed by atoms with van der Waals surface area (Å²) < 4.78 is 4.67. The first-order chi connectivity index (χ1) is 20.1. The van der Waals surface area contributed by atoms with E-state index in [0.717, 1.165) is 44.4 Å². The lowest BCUT2D eigenvalue weighted by atomic mass is 9.71. The summed E-state index contributed by atoms with van der Waals surface area (Å²) >= 11 is 0. The van der Waals surface area contributed by atoms with E-state index in [2.05, 4.69) is 99.0 Å². The molecule has 1 fully saturated rings. The van der Waals surface area contributed by atoms with Gasteiger partial charge in [-0.05, 0) is 54.5 Å². The Balaban J connectivity index is 0.000000120. The quantitative estimate of drug-likeness (QED) is 0.308. The fraction of sp³-hybridized carbons (Fsp3) is 0.343. The minimum atomic E-state index is -0.658. The van der Waals surface area contributed by atoms with Crippen LogP contribution in [-0.2, 0) is 17.8 Å². The monoisotopic (exact) mass is 542 g/mol. The van der Waals surface area contributed by atoms with Crippen molar-refractivity contribution >= 4 is 39.5 Å². The summed E-state index contributed by atoms with van der Waals surface area (Å²) in [5, 5.41) is 12.7. The smallest absolute Gasteiger partial charge is 0.326 e. The van der Waals surface area contributed by atoms with Crippen molar-refractivity contribution in [3.05, 3.63) is 95.6 Å². The van der Waals surface area contributed by atoms with Crippen LogP contribution in [0.1, 0.15) is 54.4 Å². The van der Waals surface area contributed by atoms with Crippen molar-refractivity contribution in [3.63, 3.8) is 0 Å². The van der Waals surface area contributed by atoms with E-state index in [1.165, 1.54) is 44.5 Å². The number of para-hydroxylation sites is 2. The molecule has 6 heteroatoms. The summed E-state index contributed by atoms with van der Waals surface area (Å²) in [6, 6.07) is 17.1. The molecule has 6 aliphatic rings. The number of carboxylic acids is 1. The maximum Gasteiger partial charge on any atom is 0.326 e. The highest BCUT2D eigenvalue weighted by atomic mass is 16.4. The van der Waals surface area contributed by atoms with Crippen LogP contribution in [0, 0.1) is 17.8 Å². The SMILES string of the molecule is C1=CN2C=CC3C=C2c2c1c1ccccc1n2C3.CC[C@H]1CN2CCc3c4n(c5ccccc35)C(C(=O)O)[C@H]1C[C@@H]42. The van der Waals surface area contributed by atoms with Gasteiger partial charge in [-0.1, -0.05) is 55.8 Å². The number of aromatic nitrogens is 2. The van der Waals surface area contributed by atoms with E-state index < -0.39 is 12.0 Å². The fourth-order valence-electron chi connectivity index (χ4n) is 8.93. The highest BCUT2D eigenvalue weighted by Crippen LogP contribution is 2.53. The zero-order chi connectivity index (χ0) is 27.4. The molecule has 2 unspecified atom stereocenters. The lowest BCUT2D eigenvalue weighted by molar-refractivity contribution is -0.146. The number of rotatable bonds is 2. The van der Waals surface area contributed by atoms with Gasteiger partial charge in [-0.25, -0.2) is 4.79 Å². The van der Waals surface area contributed by atoms with Crippen molar-refractivity contribution in [2.75, 3.05) is 13.1 Å². The number of piperidine rings is 1. The standard InChI is InChI=1S/C19H22N2O2.C16H12N2/c1-2-11-10-20-8-7-13-12-5-3-4-6-15(12)21-17(13)16(20)9-14(11)18(21)19(22)23;1-2-4-14-12(3-1)13-6-8-17-7-5-11-9-15(17)16(13)18(14)10-11/h3-6,11,14,16,18H,2,7-10H2,1H3,(H,22,23);1-9,11H,10H2/t11-,14-,16-,18?;/m0./s1. The van der Waals surface area contributed by atoms with Crippen molar-refractivity contribution in [1.82, 2.24) is 18.9 Å². The number of nitrogens with zero attached hydrogens (tertiary/aromatic N) is 4. The molecule has 0 saturated carbocycles. The lowest BCUT2D eigenvalue weighted by Crippen LogP contribution is -2.53. The van der Waals surface area contributed by atoms with Crippen LogP contribution in [0.4, 0.5) is 0 Å². The highest BCUT2D eigenvalue weighted by molar-refractivity contribution is 5.98. The van der Waals surface area contributed by atoms with Gasteiger partial charge >= 0.3 is 5.97 Å². The summed E-state index contributed by atoms with van der Waals surface area (Å²) in [4.78, 5) is 17.0. The first-order valence-corrected chi connectivity index (χ1v) is 15.2. The Hall–Kier alpha value is -4.03. The first-order valence-electron chi connectivity index (χ1n) is 15.2. The Morgan fingerprint density at radius 3 is 2.63 bits per heavy atom. The van der Waals surface area contributed by atoms with E-state index in [1.807, 2.05) is 6.07 Å². The summed E-state index contributed by atoms with van der Waals surface area (Å²) in [5.41, 5.74) is 9.30. The van der Waals surface area contributed by atoms with Gasteiger partial charge in [0.05, 0.1) is 17.4 Å². The Morgan fingerprint density at radius 1 is 1.00 bits per heavy atom. The molecule has 206 valence electrons. The topological polar surface area (TPSA) is 53.6 Å². The van der Waals surface area contributed by atoms with Gasteiger partial charge in [0, 0.05) is 71.0 Å². The summed E-state index contributed by atoms with van der Waals surface area (Å²) in [7, 11) is 0. The van der Waals surface area contributed by atoms with Crippen LogP contribution in [0.5, 0.6) is 0 Å². The molecule has 0 radical (unpaired) electrons. The fourth-order valence-corrected chi connectivity index (χ4v) is 8.93. The number of fused-ring (bicyclic) bond motifs is 8. The second kappa shape index (κ2) is 8.49. The van der Waals surface area contributed by atoms with Crippen LogP contribution in [0.3, 0.4) is 0 Å². The molecule has 0 spiro atoms. The predicted octanol–water partition coefficient (Wildman–Crippen LogP) is 6.65. The number of carboxylic acid groups (broad SMARTS) is 1. The van der Waals surface area contributed by atoms with Gasteiger partial charge in [-0.3, -0.25) is 4.90 Å². The van der Waals surface area contributed by atoms with Crippen LogP contribution in [-0.4, -0.2) is 43.1 Å². The van der Waals surface area contributed by atoms with Crippen molar-refractivity contribution in [3.8, 4) is 0 Å². The number of allylic oxidation sites excluding steroid dienone is 2. The largest absolute Gasteiger partial charge is 0.480 e. The van der Waals surface area contributed by atoms with E-state index in [4.69, 9.17) is 0 Å². The minimum Gasteiger partial charge on any atom is -0.480 e. The maximum atomic E-state index is 12.2. The second-order valence-corrected chi connectivity index (χ2v) is 12.5. The zero-order valence-corrected chi connectivity index (χ0v) is 23.3. The van der Waals surface area contributed by atoms with Crippen LogP contribution < -0.4 is 0 Å². The van der Waals surface area contributed by atoms with E-state index in [0.29, 0.717) is 17.9 Å². The van der Waals surface area contributed by atoms with Gasteiger partial charge in [0.15, 0.2) is 0 Å². The van der Waals surface area contributed by atoms with Gasteiger partial charge in [-0.2, -0.15) is 0 Å². The molecule has 1 N–H and O–H groups in total. The number of hydrogen-bond donors (Lipinski definition) is 1. The van der Waals surface area contributed by atoms with Crippen LogP contribution in [0.25, 0.3) is 33.6 Å². The third kappa shape index (κ3) is 3.14. The molecular formula is C35H34N4O2. The van der Waals surface area contributed by atoms with Crippen molar-refractivity contribution in [1.29, 1.82) is 0 Å². The van der Waals surface area contributed by atoms with Crippen molar-refractivity contribution in [2.45, 2.75) is 44.8 Å². The number of carbonyl (C=O) groups is 1. The molecule has 0 aliphatic carbocycles. The normalized spacial score (nSPS) is 28.0. The van der Waals surface area contributed by atoms with E-state index in [9.17, 15) is 9.90 Å². The van der Waals surface area contributed by atoms with E-state index in [-0.39, 0.29) is 5.92 Å². The lowest BCUT2D eigenvalue weighted by Gasteiger charge is -2.52. The number of hydrogen-bond acceptors (Lipinski definition) is 3. The molecule has 41 heavy (non-hydrogen) atoms. The van der Waals surface area contributed by atoms with Gasteiger partial charge in [0.25, 0.3) is 0 Å². The Bertz CT molecular complexity index is 1850. The van der Waals surface area contributed by atoms with Gasteiger partial charge in [-0.15, -0.1) is 0 Å². The predicted molar refractivity (Wildman–Crippen MR) is 162 cm³/mol. The molecule has 6 nitrogen and oxygen atoms in total. The van der Waals surface area contributed by atoms with Crippen molar-refractivity contribution in [2.24, 2.45) is 17.8 Å². The van der Waals surface area contributed by atoms with Gasteiger partial charge in [0.2, 0.25) is 0 Å². The molecule has 2 aromatic carbocycles. The van der Waals surface area contributed by atoms with E-state index in [1.54, 1.807) is 0 Å². The molecule has 6 aliphatic heterocycles. The average Bonchev–Trinajstić information content (AvgIpc) is 3.51. The summed E-state index contributed by atoms with van der Waals surface area (Å²) in [6.45, 7) is 5.46. The van der Waals surface area contributed by atoms with Crippen LogP contribution in [0.15, 0.2) is 73.1 Å². The molecule has 4 aromatic rings. The molecule has 0 amide bonds. The number of benzene rings is 2.